The van der Waals surface area contributed by atoms with Crippen molar-refractivity contribution in [3.63, 3.8) is 0 Å². The van der Waals surface area contributed by atoms with E-state index in [4.69, 9.17) is 0 Å². The zero-order valence-corrected chi connectivity index (χ0v) is 19.0. The van der Waals surface area contributed by atoms with Gasteiger partial charge in [0.15, 0.2) is 0 Å². The van der Waals surface area contributed by atoms with Gasteiger partial charge in [0.1, 0.15) is 0 Å². The molecule has 3 aromatic carbocycles. The van der Waals surface area contributed by atoms with Crippen LogP contribution in [0.1, 0.15) is 37.7 Å². The predicted octanol–water partition coefficient (Wildman–Crippen LogP) is 5.89. The average Bonchev–Trinajstić information content (AvgIpc) is 3.13. The Morgan fingerprint density at radius 1 is 0.786 bits per heavy atom. The number of aryl methyl sites for hydroxylation is 1. The molecule has 0 aliphatic heterocycles. The van der Waals surface area contributed by atoms with E-state index < -0.39 is 0 Å². The van der Waals surface area contributed by atoms with Crippen molar-refractivity contribution in [2.45, 2.75) is 39.0 Å². The van der Waals surface area contributed by atoms with Gasteiger partial charge in [-0.2, -0.15) is 0 Å². The third kappa shape index (κ3) is 3.75. The Hall–Kier alpha value is -1.72. The smallest absolute Gasteiger partial charge is 0 e. The second-order valence-corrected chi connectivity index (χ2v) is 8.17. The van der Waals surface area contributed by atoms with E-state index in [-0.39, 0.29) is 26.2 Å². The molecule has 0 nitrogen and oxygen atoms in total. The van der Waals surface area contributed by atoms with Gasteiger partial charge in [-0.15, -0.1) is 0 Å². The Morgan fingerprint density at radius 2 is 1.54 bits per heavy atom. The second-order valence-electron chi connectivity index (χ2n) is 8.17. The molecule has 2 aliphatic rings. The van der Waals surface area contributed by atoms with Gasteiger partial charge in [0.05, 0.1) is 0 Å². The van der Waals surface area contributed by atoms with E-state index in [9.17, 15) is 0 Å². The molecule has 0 spiro atoms. The van der Waals surface area contributed by atoms with E-state index in [1.54, 1.807) is 0 Å². The molecule has 5 rings (SSSR count). The summed E-state index contributed by atoms with van der Waals surface area (Å²) in [7, 11) is 0. The molecule has 0 unspecified atom stereocenters. The Kier molecular flexibility index (Phi) is 5.84. The van der Waals surface area contributed by atoms with Crippen molar-refractivity contribution < 1.29 is 26.2 Å². The van der Waals surface area contributed by atoms with Crippen LogP contribution < -0.4 is 10.4 Å². The van der Waals surface area contributed by atoms with Crippen LogP contribution in [0.5, 0.6) is 0 Å². The van der Waals surface area contributed by atoms with Crippen molar-refractivity contribution >= 4 is 22.9 Å². The van der Waals surface area contributed by atoms with Crippen molar-refractivity contribution in [1.29, 1.82) is 0 Å². The van der Waals surface area contributed by atoms with Crippen LogP contribution in [0.25, 0.3) is 34.1 Å². The molecule has 3 aromatic rings. The number of fused-ring (bicyclic) bond motifs is 2. The molecule has 0 radical (unpaired) electrons. The first-order valence-corrected chi connectivity index (χ1v) is 10.3. The summed E-state index contributed by atoms with van der Waals surface area (Å²) in [4.78, 5) is 0. The first-order valence-electron chi connectivity index (χ1n) is 10.3. The Balaban J connectivity index is 0.00000192. The van der Waals surface area contributed by atoms with Gasteiger partial charge in [-0.25, -0.2) is 0 Å². The summed E-state index contributed by atoms with van der Waals surface area (Å²) < 4.78 is 0. The van der Waals surface area contributed by atoms with Crippen LogP contribution in [0.2, 0.25) is 0 Å². The normalized spacial score (nSPS) is 17.7. The summed E-state index contributed by atoms with van der Waals surface area (Å²) >= 11 is 0. The molecule has 0 heterocycles. The number of benzene rings is 3. The van der Waals surface area contributed by atoms with Crippen molar-refractivity contribution in [3.8, 4) is 11.1 Å². The summed E-state index contributed by atoms with van der Waals surface area (Å²) in [5.74, 6) is 0.764. The predicted molar refractivity (Wildman–Crippen MR) is 117 cm³/mol. The fraction of sp³-hybridized carbons (Fsp3) is 0.259. The van der Waals surface area contributed by atoms with Crippen LogP contribution in [0, 0.1) is 12.8 Å². The number of hydrogen-bond donors (Lipinski definition) is 0. The van der Waals surface area contributed by atoms with E-state index in [0.29, 0.717) is 0 Å². The molecule has 0 saturated heterocycles. The fourth-order valence-electron chi connectivity index (χ4n) is 4.75. The van der Waals surface area contributed by atoms with Crippen LogP contribution in [-0.2, 0) is 26.2 Å². The van der Waals surface area contributed by atoms with E-state index in [0.717, 1.165) is 5.92 Å². The molecule has 1 heteroatoms. The monoisotopic (exact) mass is 440 g/mol. The van der Waals surface area contributed by atoms with Crippen LogP contribution in [0.3, 0.4) is 0 Å². The first kappa shape index (κ1) is 19.6. The summed E-state index contributed by atoms with van der Waals surface area (Å²) in [5, 5.41) is 5.41. The molecule has 28 heavy (non-hydrogen) atoms. The summed E-state index contributed by atoms with van der Waals surface area (Å²) in [6.07, 6.45) is 14.3. The molecule has 0 aromatic heterocycles. The molecule has 1 saturated carbocycles. The minimum atomic E-state index is 0. The van der Waals surface area contributed by atoms with Gasteiger partial charge >= 0.3 is 0 Å². The Bertz CT molecular complexity index is 1160. The quantitative estimate of drug-likeness (QED) is 0.465. The summed E-state index contributed by atoms with van der Waals surface area (Å²) in [6, 6.07) is 20.0. The van der Waals surface area contributed by atoms with Gasteiger partial charge in [-0.05, 0) is 87.4 Å². The average molecular weight is 442 g/mol. The number of rotatable bonds is 2. The molecule has 0 N–H and O–H groups in total. The van der Waals surface area contributed by atoms with Crippen LogP contribution in [0.4, 0.5) is 0 Å². The maximum Gasteiger partial charge on any atom is 0 e. The van der Waals surface area contributed by atoms with Gasteiger partial charge in [-0.3, -0.25) is 0 Å². The van der Waals surface area contributed by atoms with Crippen molar-refractivity contribution in [3.05, 3.63) is 82.2 Å². The molecule has 138 valence electrons. The minimum Gasteiger partial charge on any atom is -0.0741 e. The van der Waals surface area contributed by atoms with E-state index in [2.05, 4.69) is 79.7 Å². The van der Waals surface area contributed by atoms with Gasteiger partial charge in [0, 0.05) is 26.2 Å². The second kappa shape index (κ2) is 8.34. The standard InChI is InChI=1S/C27H26.Zr/c1-19-11-14-25(24-13-12-22-9-5-6-10-23(22)18-24)27-17-21(16-26(19)27)15-20-7-3-2-4-8-20;/h5-6,9-18,20H,2-4,7-8H2,1H3;. The zero-order valence-electron chi connectivity index (χ0n) is 16.5. The molecule has 0 amide bonds. The SMILES string of the molecule is Cc1ccc(-c2ccc3ccccc3c2)c2c1=CC(=CC1CCCCC1)C=2.[Zr]. The van der Waals surface area contributed by atoms with Crippen molar-refractivity contribution in [2.75, 3.05) is 0 Å². The van der Waals surface area contributed by atoms with Gasteiger partial charge in [0.25, 0.3) is 0 Å². The minimum absolute atomic E-state index is 0. The van der Waals surface area contributed by atoms with E-state index in [1.807, 2.05) is 0 Å². The molecule has 1 fully saturated rings. The molecule has 0 bridgehead atoms. The first-order chi connectivity index (χ1) is 13.3. The molecular formula is C27H26Zr. The van der Waals surface area contributed by atoms with Crippen LogP contribution in [-0.4, -0.2) is 0 Å². The third-order valence-electron chi connectivity index (χ3n) is 6.27. The van der Waals surface area contributed by atoms with Gasteiger partial charge in [-0.1, -0.05) is 73.9 Å². The maximum atomic E-state index is 2.53. The maximum absolute atomic E-state index is 2.53. The summed E-state index contributed by atoms with van der Waals surface area (Å²) in [5.41, 5.74) is 5.45. The molecular weight excluding hydrogens is 416 g/mol. The topological polar surface area (TPSA) is 0 Å². The Morgan fingerprint density at radius 3 is 2.36 bits per heavy atom. The Labute approximate surface area is 186 Å². The van der Waals surface area contributed by atoms with E-state index >= 15 is 0 Å². The van der Waals surface area contributed by atoms with Gasteiger partial charge < -0.3 is 0 Å². The van der Waals surface area contributed by atoms with Gasteiger partial charge in [0.2, 0.25) is 0 Å². The zero-order chi connectivity index (χ0) is 18.2. The number of hydrogen-bond acceptors (Lipinski definition) is 0. The third-order valence-corrected chi connectivity index (χ3v) is 6.27. The van der Waals surface area contributed by atoms with Crippen LogP contribution >= 0.6 is 0 Å². The van der Waals surface area contributed by atoms with E-state index in [1.165, 1.54) is 75.6 Å². The molecule has 0 atom stereocenters. The molecule has 2 aliphatic carbocycles. The van der Waals surface area contributed by atoms with Crippen LogP contribution in [0.15, 0.2) is 66.2 Å². The summed E-state index contributed by atoms with van der Waals surface area (Å²) in [6.45, 7) is 2.23. The fourth-order valence-corrected chi connectivity index (χ4v) is 4.75. The van der Waals surface area contributed by atoms with Crippen molar-refractivity contribution in [1.82, 2.24) is 0 Å². The van der Waals surface area contributed by atoms with Crippen molar-refractivity contribution in [2.24, 2.45) is 5.92 Å². The number of allylic oxidation sites excluding steroid dienone is 2. The largest absolute Gasteiger partial charge is 0.0741 e.